The second-order valence-electron chi connectivity index (χ2n) is 7.44. The predicted octanol–water partition coefficient (Wildman–Crippen LogP) is 1.27. The van der Waals surface area contributed by atoms with E-state index in [-0.39, 0.29) is 17.6 Å². The molecule has 1 atom stereocenters. The SMILES string of the molecule is CC[C@@H]1Oc2ccc(CN3CCN(c4cnc(C(=O)NC)nc4)CC3)cc2NC1=O. The molecule has 0 bridgehead atoms. The van der Waals surface area contributed by atoms with Gasteiger partial charge in [0.2, 0.25) is 5.82 Å². The van der Waals surface area contributed by atoms with E-state index in [1.54, 1.807) is 19.4 Å². The first kappa shape index (κ1) is 20.1. The molecule has 2 aliphatic rings. The molecule has 4 rings (SSSR count). The molecule has 2 aromatic rings. The summed E-state index contributed by atoms with van der Waals surface area (Å²) in [6.07, 6.45) is 3.63. The van der Waals surface area contributed by atoms with E-state index in [1.165, 1.54) is 0 Å². The Kier molecular flexibility index (Phi) is 5.80. The topological polar surface area (TPSA) is 99.7 Å². The van der Waals surface area contributed by atoms with Crippen molar-refractivity contribution < 1.29 is 14.3 Å². The van der Waals surface area contributed by atoms with Crippen molar-refractivity contribution in [1.29, 1.82) is 0 Å². The maximum absolute atomic E-state index is 12.1. The highest BCUT2D eigenvalue weighted by molar-refractivity contribution is 5.97. The third-order valence-corrected chi connectivity index (χ3v) is 5.45. The number of hydrogen-bond donors (Lipinski definition) is 2. The number of amides is 2. The van der Waals surface area contributed by atoms with Crippen molar-refractivity contribution in [3.05, 3.63) is 42.0 Å². The molecule has 2 N–H and O–H groups in total. The largest absolute Gasteiger partial charge is 0.478 e. The van der Waals surface area contributed by atoms with E-state index >= 15 is 0 Å². The van der Waals surface area contributed by atoms with Gasteiger partial charge in [0.25, 0.3) is 11.8 Å². The fourth-order valence-electron chi connectivity index (χ4n) is 3.70. The number of fused-ring (bicyclic) bond motifs is 1. The number of hydrogen-bond acceptors (Lipinski definition) is 7. The molecule has 0 unspecified atom stereocenters. The standard InChI is InChI=1S/C21H26N6O3/c1-3-17-20(28)25-16-10-14(4-5-18(16)30-17)13-26-6-8-27(9-7-26)15-11-23-19(24-12-15)21(29)22-2/h4-5,10-12,17H,3,6-9,13H2,1-2H3,(H,22,29)(H,25,28)/t17-/m0/s1. The molecule has 1 saturated heterocycles. The number of carbonyl (C=O) groups is 2. The van der Waals surface area contributed by atoms with Gasteiger partial charge in [0.1, 0.15) is 5.75 Å². The Labute approximate surface area is 175 Å². The van der Waals surface area contributed by atoms with Crippen LogP contribution in [-0.2, 0) is 11.3 Å². The molecule has 9 heteroatoms. The molecular weight excluding hydrogens is 384 g/mol. The first-order chi connectivity index (χ1) is 14.6. The van der Waals surface area contributed by atoms with Crippen LogP contribution in [0.1, 0.15) is 29.5 Å². The zero-order chi connectivity index (χ0) is 21.1. The Morgan fingerprint density at radius 1 is 1.23 bits per heavy atom. The van der Waals surface area contributed by atoms with E-state index in [9.17, 15) is 9.59 Å². The smallest absolute Gasteiger partial charge is 0.288 e. The molecule has 3 heterocycles. The van der Waals surface area contributed by atoms with Crippen LogP contribution in [0.3, 0.4) is 0 Å². The van der Waals surface area contributed by atoms with Crippen LogP contribution in [-0.4, -0.2) is 66.0 Å². The maximum atomic E-state index is 12.1. The molecule has 0 radical (unpaired) electrons. The number of anilines is 2. The highest BCUT2D eigenvalue weighted by Crippen LogP contribution is 2.31. The van der Waals surface area contributed by atoms with E-state index < -0.39 is 6.10 Å². The predicted molar refractivity (Wildman–Crippen MR) is 113 cm³/mol. The number of benzene rings is 1. The van der Waals surface area contributed by atoms with Gasteiger partial charge in [0.15, 0.2) is 6.10 Å². The fraction of sp³-hybridized carbons (Fsp3) is 0.429. The van der Waals surface area contributed by atoms with E-state index in [1.807, 2.05) is 19.1 Å². The van der Waals surface area contributed by atoms with E-state index in [0.717, 1.165) is 55.4 Å². The Balaban J connectivity index is 1.34. The van der Waals surface area contributed by atoms with Crippen molar-refractivity contribution in [2.24, 2.45) is 0 Å². The molecule has 1 aromatic heterocycles. The number of piperazine rings is 1. The lowest BCUT2D eigenvalue weighted by molar-refractivity contribution is -0.123. The summed E-state index contributed by atoms with van der Waals surface area (Å²) in [6, 6.07) is 5.99. The summed E-state index contributed by atoms with van der Waals surface area (Å²) < 4.78 is 5.76. The van der Waals surface area contributed by atoms with Crippen molar-refractivity contribution >= 4 is 23.2 Å². The number of ether oxygens (including phenoxy) is 1. The van der Waals surface area contributed by atoms with Gasteiger partial charge in [-0.3, -0.25) is 14.5 Å². The lowest BCUT2D eigenvalue weighted by Gasteiger charge is -2.36. The number of nitrogens with one attached hydrogen (secondary N) is 2. The van der Waals surface area contributed by atoms with Crippen LogP contribution < -0.4 is 20.3 Å². The second kappa shape index (κ2) is 8.66. The summed E-state index contributed by atoms with van der Waals surface area (Å²) in [5.41, 5.74) is 2.80. The fourth-order valence-corrected chi connectivity index (χ4v) is 3.70. The van der Waals surface area contributed by atoms with Crippen LogP contribution in [0.15, 0.2) is 30.6 Å². The third-order valence-electron chi connectivity index (χ3n) is 5.45. The number of rotatable bonds is 5. The van der Waals surface area contributed by atoms with Crippen molar-refractivity contribution in [3.8, 4) is 5.75 Å². The van der Waals surface area contributed by atoms with Gasteiger partial charge >= 0.3 is 0 Å². The molecule has 1 aromatic carbocycles. The van der Waals surface area contributed by atoms with Crippen molar-refractivity contribution in [2.45, 2.75) is 26.0 Å². The van der Waals surface area contributed by atoms with Crippen molar-refractivity contribution in [2.75, 3.05) is 43.4 Å². The minimum absolute atomic E-state index is 0.0829. The second-order valence-corrected chi connectivity index (χ2v) is 7.44. The summed E-state index contributed by atoms with van der Waals surface area (Å²) >= 11 is 0. The summed E-state index contributed by atoms with van der Waals surface area (Å²) in [5, 5.41) is 5.47. The van der Waals surface area contributed by atoms with Gasteiger partial charge in [-0.05, 0) is 24.1 Å². The van der Waals surface area contributed by atoms with Gasteiger partial charge in [-0.1, -0.05) is 13.0 Å². The maximum Gasteiger partial charge on any atom is 0.288 e. The average Bonchev–Trinajstić information content (AvgIpc) is 2.78. The van der Waals surface area contributed by atoms with Crippen LogP contribution in [0.2, 0.25) is 0 Å². The Morgan fingerprint density at radius 2 is 1.97 bits per heavy atom. The average molecular weight is 410 g/mol. The van der Waals surface area contributed by atoms with E-state index in [4.69, 9.17) is 4.74 Å². The zero-order valence-electron chi connectivity index (χ0n) is 17.2. The van der Waals surface area contributed by atoms with Gasteiger partial charge in [0.05, 0.1) is 23.8 Å². The van der Waals surface area contributed by atoms with Crippen LogP contribution in [0.5, 0.6) is 5.75 Å². The molecule has 9 nitrogen and oxygen atoms in total. The first-order valence-corrected chi connectivity index (χ1v) is 10.2. The molecule has 2 amide bonds. The summed E-state index contributed by atoms with van der Waals surface area (Å²) in [7, 11) is 1.56. The highest BCUT2D eigenvalue weighted by Gasteiger charge is 2.26. The normalized spacial score (nSPS) is 18.9. The Bertz CT molecular complexity index is 925. The third kappa shape index (κ3) is 4.20. The molecule has 1 fully saturated rings. The minimum atomic E-state index is -0.411. The Morgan fingerprint density at radius 3 is 2.63 bits per heavy atom. The van der Waals surface area contributed by atoms with Gasteiger partial charge < -0.3 is 20.3 Å². The van der Waals surface area contributed by atoms with Crippen LogP contribution in [0, 0.1) is 0 Å². The monoisotopic (exact) mass is 410 g/mol. The van der Waals surface area contributed by atoms with Crippen molar-refractivity contribution in [3.63, 3.8) is 0 Å². The van der Waals surface area contributed by atoms with Gasteiger partial charge in [0, 0.05) is 39.8 Å². The number of nitrogens with zero attached hydrogens (tertiary/aromatic N) is 4. The zero-order valence-corrected chi connectivity index (χ0v) is 17.2. The summed E-state index contributed by atoms with van der Waals surface area (Å²) in [6.45, 7) is 6.24. The molecule has 0 aliphatic carbocycles. The van der Waals surface area contributed by atoms with Crippen LogP contribution in [0.25, 0.3) is 0 Å². The molecule has 2 aliphatic heterocycles. The minimum Gasteiger partial charge on any atom is -0.478 e. The van der Waals surface area contributed by atoms with E-state index in [2.05, 4.69) is 36.5 Å². The van der Waals surface area contributed by atoms with Crippen LogP contribution >= 0.6 is 0 Å². The lowest BCUT2D eigenvalue weighted by atomic mass is 10.1. The summed E-state index contributed by atoms with van der Waals surface area (Å²) in [5.74, 6) is 0.535. The molecule has 0 spiro atoms. The first-order valence-electron chi connectivity index (χ1n) is 10.2. The molecule has 0 saturated carbocycles. The molecule has 158 valence electrons. The highest BCUT2D eigenvalue weighted by atomic mass is 16.5. The molecular formula is C21H26N6O3. The Hall–Kier alpha value is -3.20. The van der Waals surface area contributed by atoms with Gasteiger partial charge in [-0.15, -0.1) is 0 Å². The quantitative estimate of drug-likeness (QED) is 0.766. The van der Waals surface area contributed by atoms with Gasteiger partial charge in [-0.25, -0.2) is 9.97 Å². The number of aromatic nitrogens is 2. The van der Waals surface area contributed by atoms with Gasteiger partial charge in [-0.2, -0.15) is 0 Å². The van der Waals surface area contributed by atoms with E-state index in [0.29, 0.717) is 6.42 Å². The summed E-state index contributed by atoms with van der Waals surface area (Å²) in [4.78, 5) is 36.5. The number of carbonyl (C=O) groups excluding carboxylic acids is 2. The lowest BCUT2D eigenvalue weighted by Crippen LogP contribution is -2.46. The van der Waals surface area contributed by atoms with Crippen LogP contribution in [0.4, 0.5) is 11.4 Å². The van der Waals surface area contributed by atoms with Crippen molar-refractivity contribution in [1.82, 2.24) is 20.2 Å². The molecule has 30 heavy (non-hydrogen) atoms.